The van der Waals surface area contributed by atoms with Crippen LogP contribution in [0.15, 0.2) is 6.20 Å². The molecule has 1 aromatic heterocycles. The quantitative estimate of drug-likeness (QED) is 0.879. The summed E-state index contributed by atoms with van der Waals surface area (Å²) >= 11 is 1.69. The number of urea groups is 1. The summed E-state index contributed by atoms with van der Waals surface area (Å²) in [5, 5.41) is 7.17. The molecule has 3 atom stereocenters. The number of nitrogens with zero attached hydrogens (tertiary/aromatic N) is 1. The standard InChI is InChI=1S/C13H19N3OS/c1-7-5-10(7)15-13(17)16-11(9-3-4-9)12-14-6-8(2)18-12/h6-7,9-11H,3-5H2,1-2H3,(H2,15,16,17)/t7-,10-,11+/m0/s1. The number of rotatable bonds is 4. The van der Waals surface area contributed by atoms with E-state index in [2.05, 4.69) is 29.5 Å². The molecule has 1 aromatic rings. The van der Waals surface area contributed by atoms with Crippen LogP contribution in [0.3, 0.4) is 0 Å². The van der Waals surface area contributed by atoms with Gasteiger partial charge in [0.05, 0.1) is 6.04 Å². The Balaban J connectivity index is 1.61. The van der Waals surface area contributed by atoms with E-state index >= 15 is 0 Å². The summed E-state index contributed by atoms with van der Waals surface area (Å²) in [5.74, 6) is 1.22. The Morgan fingerprint density at radius 2 is 2.28 bits per heavy atom. The molecule has 2 N–H and O–H groups in total. The van der Waals surface area contributed by atoms with Gasteiger partial charge in [-0.1, -0.05) is 6.92 Å². The lowest BCUT2D eigenvalue weighted by atomic mass is 10.2. The van der Waals surface area contributed by atoms with Crippen LogP contribution >= 0.6 is 11.3 Å². The lowest BCUT2D eigenvalue weighted by molar-refractivity contribution is 0.234. The van der Waals surface area contributed by atoms with Crippen molar-refractivity contribution >= 4 is 17.4 Å². The Kier molecular flexibility index (Phi) is 3.01. The first-order valence-electron chi connectivity index (χ1n) is 6.63. The Morgan fingerprint density at radius 1 is 1.56 bits per heavy atom. The summed E-state index contributed by atoms with van der Waals surface area (Å²) in [4.78, 5) is 17.5. The second-order valence-corrected chi connectivity index (χ2v) is 6.83. The third-order valence-electron chi connectivity index (χ3n) is 3.71. The van der Waals surface area contributed by atoms with Crippen molar-refractivity contribution in [2.45, 2.75) is 45.2 Å². The molecule has 2 amide bonds. The third-order valence-corrected chi connectivity index (χ3v) is 4.71. The van der Waals surface area contributed by atoms with Crippen molar-refractivity contribution in [2.75, 3.05) is 0 Å². The summed E-state index contributed by atoms with van der Waals surface area (Å²) in [6.45, 7) is 4.21. The van der Waals surface area contributed by atoms with Crippen LogP contribution in [-0.2, 0) is 0 Å². The van der Waals surface area contributed by atoms with Gasteiger partial charge in [-0.15, -0.1) is 11.3 Å². The number of thiazole rings is 1. The van der Waals surface area contributed by atoms with Gasteiger partial charge in [-0.05, 0) is 38.0 Å². The van der Waals surface area contributed by atoms with Gasteiger partial charge in [0.1, 0.15) is 5.01 Å². The molecule has 2 aliphatic rings. The van der Waals surface area contributed by atoms with Crippen LogP contribution in [0.2, 0.25) is 0 Å². The molecule has 2 fully saturated rings. The molecular weight excluding hydrogens is 246 g/mol. The molecule has 0 unspecified atom stereocenters. The highest BCUT2D eigenvalue weighted by Gasteiger charge is 2.38. The smallest absolute Gasteiger partial charge is 0.315 e. The third kappa shape index (κ3) is 2.66. The fraction of sp³-hybridized carbons (Fsp3) is 0.692. The summed E-state index contributed by atoms with van der Waals surface area (Å²) < 4.78 is 0. The molecule has 2 saturated carbocycles. The van der Waals surface area contributed by atoms with Crippen molar-refractivity contribution in [3.05, 3.63) is 16.1 Å². The van der Waals surface area contributed by atoms with Gasteiger partial charge in [0.15, 0.2) is 0 Å². The number of hydrogen-bond acceptors (Lipinski definition) is 3. The Bertz CT molecular complexity index is 455. The number of aryl methyl sites for hydroxylation is 1. The van der Waals surface area contributed by atoms with Gasteiger partial charge in [0, 0.05) is 17.1 Å². The first-order chi connectivity index (χ1) is 8.63. The van der Waals surface area contributed by atoms with E-state index in [-0.39, 0.29) is 12.1 Å². The van der Waals surface area contributed by atoms with E-state index in [0.717, 1.165) is 11.4 Å². The number of aromatic nitrogens is 1. The minimum absolute atomic E-state index is 0.0332. The molecule has 0 aromatic carbocycles. The zero-order valence-electron chi connectivity index (χ0n) is 10.8. The topological polar surface area (TPSA) is 54.0 Å². The SMILES string of the molecule is Cc1cnc([C@H](NC(=O)N[C@H]2C[C@@H]2C)C2CC2)s1. The molecule has 0 radical (unpaired) electrons. The van der Waals surface area contributed by atoms with E-state index in [1.807, 2.05) is 6.20 Å². The average molecular weight is 265 g/mol. The summed E-state index contributed by atoms with van der Waals surface area (Å²) in [5.41, 5.74) is 0. The minimum atomic E-state index is -0.0332. The van der Waals surface area contributed by atoms with Gasteiger partial charge >= 0.3 is 6.03 Å². The maximum absolute atomic E-state index is 11.9. The highest BCUT2D eigenvalue weighted by Crippen LogP contribution is 2.42. The Hall–Kier alpha value is -1.10. The molecule has 0 bridgehead atoms. The zero-order chi connectivity index (χ0) is 12.7. The predicted octanol–water partition coefficient (Wildman–Crippen LogP) is 2.61. The fourth-order valence-corrected chi connectivity index (χ4v) is 3.12. The zero-order valence-corrected chi connectivity index (χ0v) is 11.6. The molecule has 4 nitrogen and oxygen atoms in total. The van der Waals surface area contributed by atoms with Crippen LogP contribution in [0.1, 0.15) is 42.1 Å². The minimum Gasteiger partial charge on any atom is -0.335 e. The highest BCUT2D eigenvalue weighted by atomic mass is 32.1. The fourth-order valence-electron chi connectivity index (χ4n) is 2.20. The maximum atomic E-state index is 11.9. The van der Waals surface area contributed by atoms with E-state index in [1.54, 1.807) is 11.3 Å². The first-order valence-corrected chi connectivity index (χ1v) is 7.44. The van der Waals surface area contributed by atoms with Gasteiger partial charge in [-0.2, -0.15) is 0 Å². The van der Waals surface area contributed by atoms with Crippen LogP contribution in [-0.4, -0.2) is 17.1 Å². The number of hydrogen-bond donors (Lipinski definition) is 2. The van der Waals surface area contributed by atoms with Gasteiger partial charge in [-0.3, -0.25) is 0 Å². The summed E-state index contributed by atoms with van der Waals surface area (Å²) in [7, 11) is 0. The first kappa shape index (κ1) is 12.0. The van der Waals surface area contributed by atoms with Gasteiger partial charge in [0.25, 0.3) is 0 Å². The van der Waals surface area contributed by atoms with Crippen molar-refractivity contribution in [1.82, 2.24) is 15.6 Å². The van der Waals surface area contributed by atoms with Crippen LogP contribution in [0.5, 0.6) is 0 Å². The van der Waals surface area contributed by atoms with E-state index < -0.39 is 0 Å². The van der Waals surface area contributed by atoms with Gasteiger partial charge < -0.3 is 10.6 Å². The molecular formula is C13H19N3OS. The normalized spacial score (nSPS) is 27.7. The number of nitrogens with one attached hydrogen (secondary N) is 2. The van der Waals surface area contributed by atoms with Crippen molar-refractivity contribution in [1.29, 1.82) is 0 Å². The lowest BCUT2D eigenvalue weighted by Gasteiger charge is -2.16. The lowest BCUT2D eigenvalue weighted by Crippen LogP contribution is -2.40. The van der Waals surface area contributed by atoms with E-state index in [4.69, 9.17) is 0 Å². The van der Waals surface area contributed by atoms with E-state index in [0.29, 0.717) is 17.9 Å². The molecule has 0 spiro atoms. The molecule has 3 rings (SSSR count). The Labute approximate surface area is 111 Å². The predicted molar refractivity (Wildman–Crippen MR) is 71.6 cm³/mol. The molecule has 1 heterocycles. The number of carbonyl (C=O) groups is 1. The van der Waals surface area contributed by atoms with Crippen LogP contribution in [0.25, 0.3) is 0 Å². The van der Waals surface area contributed by atoms with Crippen LogP contribution in [0.4, 0.5) is 4.79 Å². The van der Waals surface area contributed by atoms with Crippen molar-refractivity contribution in [2.24, 2.45) is 11.8 Å². The Morgan fingerprint density at radius 3 is 2.78 bits per heavy atom. The molecule has 5 heteroatoms. The maximum Gasteiger partial charge on any atom is 0.315 e. The molecule has 98 valence electrons. The van der Waals surface area contributed by atoms with E-state index in [9.17, 15) is 4.79 Å². The summed E-state index contributed by atoms with van der Waals surface area (Å²) in [6, 6.07) is 0.453. The van der Waals surface area contributed by atoms with Crippen molar-refractivity contribution in [3.63, 3.8) is 0 Å². The molecule has 0 aliphatic heterocycles. The van der Waals surface area contributed by atoms with Crippen molar-refractivity contribution < 1.29 is 4.79 Å². The average Bonchev–Trinajstić information content (AvgIpc) is 3.21. The van der Waals surface area contributed by atoms with E-state index in [1.165, 1.54) is 17.7 Å². The second kappa shape index (κ2) is 4.53. The van der Waals surface area contributed by atoms with Gasteiger partial charge in [0.2, 0.25) is 0 Å². The molecule has 0 saturated heterocycles. The monoisotopic (exact) mass is 265 g/mol. The molecule has 2 aliphatic carbocycles. The second-order valence-electron chi connectivity index (χ2n) is 5.56. The highest BCUT2D eigenvalue weighted by molar-refractivity contribution is 7.11. The number of amides is 2. The molecule has 18 heavy (non-hydrogen) atoms. The number of carbonyl (C=O) groups excluding carboxylic acids is 1. The van der Waals surface area contributed by atoms with Gasteiger partial charge in [-0.25, -0.2) is 9.78 Å². The summed E-state index contributed by atoms with van der Waals surface area (Å²) in [6.07, 6.45) is 5.39. The van der Waals surface area contributed by atoms with Crippen LogP contribution < -0.4 is 10.6 Å². The van der Waals surface area contributed by atoms with Crippen LogP contribution in [0, 0.1) is 18.8 Å². The largest absolute Gasteiger partial charge is 0.335 e. The van der Waals surface area contributed by atoms with Crippen molar-refractivity contribution in [3.8, 4) is 0 Å².